The molecular weight excluding hydrogens is 464 g/mol. The minimum atomic E-state index is -4.31. The maximum atomic E-state index is 13.5. The van der Waals surface area contributed by atoms with E-state index in [9.17, 15) is 27.1 Å². The molecule has 0 aliphatic rings. The Morgan fingerprint density at radius 1 is 1.22 bits per heavy atom. The molecule has 0 saturated heterocycles. The highest BCUT2D eigenvalue weighted by atomic mass is 32.2. The number of nitrogens with zero attached hydrogens (tertiary/aromatic N) is 2. The number of sulfonamides is 1. The van der Waals surface area contributed by atoms with Crippen molar-refractivity contribution in [1.82, 2.24) is 4.98 Å². The number of benzene rings is 2. The lowest BCUT2D eigenvalue weighted by molar-refractivity contribution is -0.212. The summed E-state index contributed by atoms with van der Waals surface area (Å²) < 4.78 is 58.7. The summed E-state index contributed by atoms with van der Waals surface area (Å²) >= 11 is 1.03. The second kappa shape index (κ2) is 9.83. The SMILES string of the molecule is CCOC(=O)Cc1csc(N=C([O-])c2ccccc2NS(=O)(=O)c2ccc(F)c(F)c2)n1. The Labute approximate surface area is 186 Å². The summed E-state index contributed by atoms with van der Waals surface area (Å²) in [5, 5.41) is 14.3. The van der Waals surface area contributed by atoms with E-state index < -0.39 is 38.4 Å². The number of aliphatic imine (C=N–C) groups is 1. The minimum Gasteiger partial charge on any atom is -0.858 e. The first-order valence-electron chi connectivity index (χ1n) is 9.12. The summed E-state index contributed by atoms with van der Waals surface area (Å²) in [7, 11) is -4.31. The highest BCUT2D eigenvalue weighted by Crippen LogP contribution is 2.24. The van der Waals surface area contributed by atoms with E-state index in [0.717, 1.165) is 17.4 Å². The van der Waals surface area contributed by atoms with E-state index in [1.807, 2.05) is 0 Å². The van der Waals surface area contributed by atoms with Crippen LogP contribution in [0.3, 0.4) is 0 Å². The lowest BCUT2D eigenvalue weighted by atomic mass is 10.2. The van der Waals surface area contributed by atoms with E-state index >= 15 is 0 Å². The van der Waals surface area contributed by atoms with Crippen LogP contribution in [-0.4, -0.2) is 31.9 Å². The van der Waals surface area contributed by atoms with Gasteiger partial charge in [0.15, 0.2) is 11.6 Å². The smallest absolute Gasteiger partial charge is 0.311 e. The van der Waals surface area contributed by atoms with Crippen LogP contribution < -0.4 is 9.83 Å². The van der Waals surface area contributed by atoms with Crippen LogP contribution >= 0.6 is 11.3 Å². The lowest BCUT2D eigenvalue weighted by Crippen LogP contribution is -2.22. The first-order valence-corrected chi connectivity index (χ1v) is 11.5. The molecule has 1 aromatic heterocycles. The molecular formula is C20H16F2N3O5S2-. The summed E-state index contributed by atoms with van der Waals surface area (Å²) in [4.78, 5) is 19.0. The van der Waals surface area contributed by atoms with E-state index in [1.54, 1.807) is 12.3 Å². The molecule has 32 heavy (non-hydrogen) atoms. The molecule has 0 spiro atoms. The van der Waals surface area contributed by atoms with Crippen molar-refractivity contribution in [2.75, 3.05) is 11.3 Å². The summed E-state index contributed by atoms with van der Waals surface area (Å²) in [6.45, 7) is 1.91. The second-order valence-electron chi connectivity index (χ2n) is 6.25. The Morgan fingerprint density at radius 3 is 2.69 bits per heavy atom. The molecule has 0 radical (unpaired) electrons. The van der Waals surface area contributed by atoms with Gasteiger partial charge in [0.2, 0.25) is 5.13 Å². The number of aromatic nitrogens is 1. The molecule has 12 heteroatoms. The zero-order valence-electron chi connectivity index (χ0n) is 16.5. The van der Waals surface area contributed by atoms with Gasteiger partial charge in [-0.1, -0.05) is 18.2 Å². The van der Waals surface area contributed by atoms with Crippen LogP contribution in [0.5, 0.6) is 0 Å². The van der Waals surface area contributed by atoms with Gasteiger partial charge in [0.05, 0.1) is 29.3 Å². The number of para-hydroxylation sites is 1. The molecule has 168 valence electrons. The molecule has 0 saturated carbocycles. The fourth-order valence-electron chi connectivity index (χ4n) is 2.54. The zero-order valence-corrected chi connectivity index (χ0v) is 18.2. The Balaban J connectivity index is 1.85. The van der Waals surface area contributed by atoms with Gasteiger partial charge >= 0.3 is 5.97 Å². The molecule has 1 heterocycles. The van der Waals surface area contributed by atoms with Gasteiger partial charge in [-0.2, -0.15) is 0 Å². The molecule has 8 nitrogen and oxygen atoms in total. The fourth-order valence-corrected chi connectivity index (χ4v) is 4.32. The van der Waals surface area contributed by atoms with Gasteiger partial charge in [0, 0.05) is 10.9 Å². The van der Waals surface area contributed by atoms with Gasteiger partial charge in [-0.05, 0) is 37.1 Å². The van der Waals surface area contributed by atoms with Crippen LogP contribution in [0.2, 0.25) is 0 Å². The molecule has 0 unspecified atom stereocenters. The molecule has 1 N–H and O–H groups in total. The molecule has 0 aliphatic carbocycles. The van der Waals surface area contributed by atoms with Crippen LogP contribution in [0.4, 0.5) is 19.6 Å². The van der Waals surface area contributed by atoms with Crippen LogP contribution in [0.15, 0.2) is 57.7 Å². The molecule has 2 aromatic carbocycles. The van der Waals surface area contributed by atoms with Gasteiger partial charge in [0.25, 0.3) is 10.0 Å². The summed E-state index contributed by atoms with van der Waals surface area (Å²) in [6.07, 6.45) is -0.0708. The molecule has 0 fully saturated rings. The third kappa shape index (κ3) is 5.65. The lowest BCUT2D eigenvalue weighted by Gasteiger charge is -2.16. The second-order valence-corrected chi connectivity index (χ2v) is 8.77. The van der Waals surface area contributed by atoms with Crippen LogP contribution in [0.25, 0.3) is 0 Å². The Hall–Kier alpha value is -3.38. The van der Waals surface area contributed by atoms with E-state index in [0.29, 0.717) is 17.8 Å². The van der Waals surface area contributed by atoms with Crippen molar-refractivity contribution in [3.05, 3.63) is 70.7 Å². The average molecular weight is 480 g/mol. The van der Waals surface area contributed by atoms with Crippen molar-refractivity contribution in [2.24, 2.45) is 4.99 Å². The highest BCUT2D eigenvalue weighted by molar-refractivity contribution is 7.92. The number of halogens is 2. The Kier molecular flexibility index (Phi) is 7.15. The number of carbonyl (C=O) groups is 1. The van der Waals surface area contributed by atoms with Crippen molar-refractivity contribution < 1.29 is 31.8 Å². The van der Waals surface area contributed by atoms with E-state index in [-0.39, 0.29) is 29.4 Å². The molecule has 0 amide bonds. The van der Waals surface area contributed by atoms with Gasteiger partial charge in [0.1, 0.15) is 0 Å². The molecule has 0 atom stereocenters. The zero-order chi connectivity index (χ0) is 23.3. The summed E-state index contributed by atoms with van der Waals surface area (Å²) in [5.41, 5.74) is 0.197. The third-order valence-electron chi connectivity index (χ3n) is 3.97. The predicted octanol–water partition coefficient (Wildman–Crippen LogP) is 2.77. The number of hydrogen-bond acceptors (Lipinski definition) is 8. The highest BCUT2D eigenvalue weighted by Gasteiger charge is 2.18. The number of anilines is 1. The topological polar surface area (TPSA) is 121 Å². The van der Waals surface area contributed by atoms with E-state index in [1.165, 1.54) is 24.3 Å². The maximum Gasteiger partial charge on any atom is 0.311 e. The standard InChI is InChI=1S/C20H17F2N3O5S2/c1-2-30-18(26)9-12-11-31-20(23-12)24-19(27)14-5-3-4-6-17(14)25-32(28,29)13-7-8-15(21)16(22)10-13/h3-8,10-11,25H,2,9H2,1H3,(H,23,24,27)/p-1. The first kappa shape index (κ1) is 23.3. The maximum absolute atomic E-state index is 13.5. The van der Waals surface area contributed by atoms with E-state index in [4.69, 9.17) is 4.74 Å². The van der Waals surface area contributed by atoms with Crippen molar-refractivity contribution in [2.45, 2.75) is 18.2 Å². The van der Waals surface area contributed by atoms with Crippen molar-refractivity contribution >= 4 is 44.0 Å². The normalized spacial score (nSPS) is 11.9. The average Bonchev–Trinajstić information content (AvgIpc) is 3.16. The van der Waals surface area contributed by atoms with E-state index in [2.05, 4.69) is 14.7 Å². The molecule has 3 rings (SSSR count). The summed E-state index contributed by atoms with van der Waals surface area (Å²) in [5.74, 6) is -3.77. The first-order chi connectivity index (χ1) is 15.2. The Bertz CT molecular complexity index is 1280. The van der Waals surface area contributed by atoms with Crippen molar-refractivity contribution in [3.63, 3.8) is 0 Å². The minimum absolute atomic E-state index is 0.0708. The predicted molar refractivity (Wildman–Crippen MR) is 112 cm³/mol. The Morgan fingerprint density at radius 2 is 1.97 bits per heavy atom. The molecule has 3 aromatic rings. The number of hydrogen-bond donors (Lipinski definition) is 1. The number of thiazole rings is 1. The summed E-state index contributed by atoms with van der Waals surface area (Å²) in [6, 6.07) is 7.79. The molecule has 0 bridgehead atoms. The quantitative estimate of drug-likeness (QED) is 0.301. The number of ether oxygens (including phenoxy) is 1. The van der Waals surface area contributed by atoms with Gasteiger partial charge in [-0.3, -0.25) is 9.52 Å². The van der Waals surface area contributed by atoms with Crippen LogP contribution in [0.1, 0.15) is 18.2 Å². The number of nitrogens with one attached hydrogen (secondary N) is 1. The fraction of sp³-hybridized carbons (Fsp3) is 0.150. The number of rotatable bonds is 8. The third-order valence-corrected chi connectivity index (χ3v) is 6.12. The monoisotopic (exact) mass is 480 g/mol. The number of esters is 1. The van der Waals surface area contributed by atoms with Crippen molar-refractivity contribution in [3.8, 4) is 0 Å². The van der Waals surface area contributed by atoms with Gasteiger partial charge in [-0.25, -0.2) is 27.2 Å². The van der Waals surface area contributed by atoms with Gasteiger partial charge in [-0.15, -0.1) is 11.3 Å². The number of carbonyl (C=O) groups excluding carboxylic acids is 1. The molecule has 0 aliphatic heterocycles. The van der Waals surface area contributed by atoms with Crippen molar-refractivity contribution in [1.29, 1.82) is 0 Å². The van der Waals surface area contributed by atoms with Gasteiger partial charge < -0.3 is 9.84 Å². The largest absolute Gasteiger partial charge is 0.858 e. The van der Waals surface area contributed by atoms with Crippen LogP contribution in [0, 0.1) is 11.6 Å². The van der Waals surface area contributed by atoms with Crippen LogP contribution in [-0.2, 0) is 26.0 Å².